The minimum atomic E-state index is -0.207. The molecule has 1 aromatic heterocycles. The van der Waals surface area contributed by atoms with Crippen molar-refractivity contribution in [3.8, 4) is 0 Å². The van der Waals surface area contributed by atoms with Gasteiger partial charge in [0.15, 0.2) is 4.77 Å². The highest BCUT2D eigenvalue weighted by Gasteiger charge is 2.50. The minimum absolute atomic E-state index is 0.0123. The zero-order chi connectivity index (χ0) is 14.7. The molecule has 6 heteroatoms. The first-order valence-electron chi connectivity index (χ1n) is 6.48. The molecule has 1 aromatic carbocycles. The van der Waals surface area contributed by atoms with Crippen LogP contribution in [0, 0.1) is 19.6 Å². The normalized spacial score (nSPS) is 24.9. The van der Waals surface area contributed by atoms with Crippen LogP contribution in [0.2, 0.25) is 0 Å². The largest absolute Gasteiger partial charge is 0.381 e. The van der Waals surface area contributed by atoms with Crippen molar-refractivity contribution >= 4 is 45.8 Å². The fraction of sp³-hybridized carbons (Fsp3) is 0.500. The first kappa shape index (κ1) is 14.5. The smallest absolute Gasteiger partial charge is 0.178 e. The second kappa shape index (κ2) is 4.78. The topological polar surface area (TPSA) is 29.9 Å². The van der Waals surface area contributed by atoms with E-state index in [0.29, 0.717) is 8.34 Å². The summed E-state index contributed by atoms with van der Waals surface area (Å²) in [5.41, 5.74) is 1.71. The number of hydrogen-bond donors (Lipinski definition) is 1. The molecule has 0 aliphatic heterocycles. The van der Waals surface area contributed by atoms with Gasteiger partial charge in [-0.15, -0.1) is 0 Å². The number of aromatic amines is 1. The first-order valence-corrected chi connectivity index (χ1v) is 7.97. The number of rotatable bonds is 2. The number of nitrogens with zero attached hydrogens (tertiary/aromatic N) is 1. The number of halogens is 2. The van der Waals surface area contributed by atoms with E-state index in [1.165, 1.54) is 0 Å². The molecule has 1 fully saturated rings. The van der Waals surface area contributed by atoms with Crippen LogP contribution in [0.15, 0.2) is 12.1 Å². The molecule has 0 saturated heterocycles. The van der Waals surface area contributed by atoms with Crippen LogP contribution in [0.5, 0.6) is 0 Å². The van der Waals surface area contributed by atoms with Crippen molar-refractivity contribution < 1.29 is 9.13 Å². The maximum Gasteiger partial charge on any atom is 0.178 e. The monoisotopic (exact) mass is 406 g/mol. The quantitative estimate of drug-likeness (QED) is 0.591. The van der Waals surface area contributed by atoms with E-state index >= 15 is 0 Å². The maximum absolute atomic E-state index is 13.9. The Morgan fingerprint density at radius 3 is 2.80 bits per heavy atom. The number of H-pyrrole nitrogens is 1. The molecule has 3 nitrogen and oxygen atoms in total. The molecule has 20 heavy (non-hydrogen) atoms. The fourth-order valence-electron chi connectivity index (χ4n) is 3.13. The Balaban J connectivity index is 2.16. The average Bonchev–Trinajstić information content (AvgIpc) is 2.66. The van der Waals surface area contributed by atoms with Crippen LogP contribution in [0.3, 0.4) is 0 Å². The number of hydrogen-bond acceptors (Lipinski definition) is 2. The predicted octanol–water partition coefficient (Wildman–Crippen LogP) is 4.43. The van der Waals surface area contributed by atoms with Gasteiger partial charge in [0.25, 0.3) is 0 Å². The lowest BCUT2D eigenvalue weighted by Gasteiger charge is -2.51. The molecule has 2 aromatic rings. The van der Waals surface area contributed by atoms with Crippen LogP contribution >= 0.6 is 34.8 Å². The van der Waals surface area contributed by atoms with Crippen molar-refractivity contribution in [2.45, 2.75) is 32.4 Å². The van der Waals surface area contributed by atoms with Gasteiger partial charge in [0.2, 0.25) is 0 Å². The number of aromatic nitrogens is 2. The van der Waals surface area contributed by atoms with Crippen molar-refractivity contribution in [1.82, 2.24) is 9.55 Å². The zero-order valence-corrected chi connectivity index (χ0v) is 14.5. The molecule has 1 heterocycles. The standard InChI is InChI=1S/C14H16FIN2OS/c1-14(2)11(6-12(14)19-3)18-10-4-7(15)8(16)5-9(10)17-13(18)20/h4-5,11-12H,6H2,1-3H3,(H,17,20). The van der Waals surface area contributed by atoms with Crippen molar-refractivity contribution in [2.24, 2.45) is 5.41 Å². The van der Waals surface area contributed by atoms with Crippen LogP contribution in [-0.2, 0) is 4.74 Å². The summed E-state index contributed by atoms with van der Waals surface area (Å²) in [7, 11) is 1.74. The van der Waals surface area contributed by atoms with E-state index in [4.69, 9.17) is 17.0 Å². The summed E-state index contributed by atoms with van der Waals surface area (Å²) in [6.07, 6.45) is 1.12. The van der Waals surface area contributed by atoms with Crippen LogP contribution in [0.4, 0.5) is 4.39 Å². The number of nitrogens with one attached hydrogen (secondary N) is 1. The molecule has 2 atom stereocenters. The summed E-state index contributed by atoms with van der Waals surface area (Å²) in [6.45, 7) is 4.33. The summed E-state index contributed by atoms with van der Waals surface area (Å²) < 4.78 is 22.6. The summed E-state index contributed by atoms with van der Waals surface area (Å²) in [5.74, 6) is -0.207. The van der Waals surface area contributed by atoms with Crippen LogP contribution in [0.1, 0.15) is 26.3 Å². The third kappa shape index (κ3) is 1.95. The van der Waals surface area contributed by atoms with E-state index in [9.17, 15) is 4.39 Å². The van der Waals surface area contributed by atoms with E-state index in [1.807, 2.05) is 27.2 Å². The lowest BCUT2D eigenvalue weighted by Crippen LogP contribution is -2.51. The number of imidazole rings is 1. The van der Waals surface area contributed by atoms with Gasteiger partial charge in [0, 0.05) is 24.6 Å². The lowest BCUT2D eigenvalue weighted by molar-refractivity contribution is -0.111. The van der Waals surface area contributed by atoms with Crippen LogP contribution < -0.4 is 0 Å². The lowest BCUT2D eigenvalue weighted by atomic mass is 9.64. The van der Waals surface area contributed by atoms with Crippen LogP contribution in [-0.4, -0.2) is 22.8 Å². The molecule has 0 radical (unpaired) electrons. The molecule has 1 aliphatic rings. The average molecular weight is 406 g/mol. The predicted molar refractivity (Wildman–Crippen MR) is 88.0 cm³/mol. The molecule has 2 unspecified atom stereocenters. The first-order chi connectivity index (χ1) is 9.36. The van der Waals surface area contributed by atoms with Gasteiger partial charge in [0.1, 0.15) is 5.82 Å². The number of benzene rings is 1. The minimum Gasteiger partial charge on any atom is -0.381 e. The third-order valence-electron chi connectivity index (χ3n) is 4.48. The Morgan fingerprint density at radius 1 is 1.50 bits per heavy atom. The summed E-state index contributed by atoms with van der Waals surface area (Å²) in [4.78, 5) is 3.18. The van der Waals surface area contributed by atoms with Gasteiger partial charge in [-0.1, -0.05) is 13.8 Å². The van der Waals surface area contributed by atoms with Gasteiger partial charge < -0.3 is 14.3 Å². The molecule has 0 amide bonds. The number of fused-ring (bicyclic) bond motifs is 1. The Morgan fingerprint density at radius 2 is 2.20 bits per heavy atom. The van der Waals surface area contributed by atoms with E-state index in [1.54, 1.807) is 19.2 Å². The third-order valence-corrected chi connectivity index (χ3v) is 5.61. The van der Waals surface area contributed by atoms with Gasteiger partial charge >= 0.3 is 0 Å². The van der Waals surface area contributed by atoms with Gasteiger partial charge in [-0.2, -0.15) is 0 Å². The second-order valence-electron chi connectivity index (χ2n) is 5.88. The highest BCUT2D eigenvalue weighted by molar-refractivity contribution is 14.1. The second-order valence-corrected chi connectivity index (χ2v) is 7.43. The summed E-state index contributed by atoms with van der Waals surface area (Å²) in [5, 5.41) is 0. The van der Waals surface area contributed by atoms with Crippen molar-refractivity contribution in [1.29, 1.82) is 0 Å². The zero-order valence-electron chi connectivity index (χ0n) is 11.5. The van der Waals surface area contributed by atoms with Crippen molar-refractivity contribution in [3.05, 3.63) is 26.3 Å². The maximum atomic E-state index is 13.9. The van der Waals surface area contributed by atoms with E-state index in [2.05, 4.69) is 18.8 Å². The van der Waals surface area contributed by atoms with Crippen LogP contribution in [0.25, 0.3) is 11.0 Å². The number of methoxy groups -OCH3 is 1. The molecule has 108 valence electrons. The summed E-state index contributed by atoms with van der Waals surface area (Å²) >= 11 is 7.43. The number of ether oxygens (including phenoxy) is 1. The van der Waals surface area contributed by atoms with Crippen molar-refractivity contribution in [3.63, 3.8) is 0 Å². The molecule has 1 N–H and O–H groups in total. The molecule has 1 aliphatic carbocycles. The van der Waals surface area contributed by atoms with E-state index in [0.717, 1.165) is 17.5 Å². The van der Waals surface area contributed by atoms with Gasteiger partial charge in [-0.3, -0.25) is 0 Å². The fourth-order valence-corrected chi connectivity index (χ4v) is 3.94. The molecular weight excluding hydrogens is 390 g/mol. The van der Waals surface area contributed by atoms with Gasteiger partial charge in [0.05, 0.1) is 20.7 Å². The molecule has 3 rings (SSSR count). The molecule has 0 spiro atoms. The Kier molecular flexibility index (Phi) is 3.45. The molecular formula is C14H16FIN2OS. The Hall–Kier alpha value is -0.470. The molecule has 1 saturated carbocycles. The highest BCUT2D eigenvalue weighted by Crippen LogP contribution is 2.52. The summed E-state index contributed by atoms with van der Waals surface area (Å²) in [6, 6.07) is 3.60. The SMILES string of the molecule is COC1CC(n2c(=S)[nH]c3cc(I)c(F)cc32)C1(C)C. The molecule has 0 bridgehead atoms. The highest BCUT2D eigenvalue weighted by atomic mass is 127. The van der Waals surface area contributed by atoms with E-state index < -0.39 is 0 Å². The van der Waals surface area contributed by atoms with Crippen molar-refractivity contribution in [2.75, 3.05) is 7.11 Å². The van der Waals surface area contributed by atoms with Gasteiger partial charge in [-0.25, -0.2) is 4.39 Å². The Bertz CT molecular complexity index is 737. The van der Waals surface area contributed by atoms with E-state index in [-0.39, 0.29) is 23.4 Å². The Labute approximate surface area is 135 Å². The van der Waals surface area contributed by atoms with Gasteiger partial charge in [-0.05, 0) is 47.3 Å².